The molecule has 1 unspecified atom stereocenters. The highest BCUT2D eigenvalue weighted by Crippen LogP contribution is 2.45. The summed E-state index contributed by atoms with van der Waals surface area (Å²) in [5, 5.41) is 14.4. The SMILES string of the molecule is C[C@H]1CC(O)(c2ccc(C(F)(F)F)cc2)C[C@@H](C2(N)CC2)N1. The molecule has 4 N–H and O–H groups in total. The summed E-state index contributed by atoms with van der Waals surface area (Å²) in [5.41, 5.74) is 4.66. The number of hydrogen-bond acceptors (Lipinski definition) is 3. The second-order valence-corrected chi connectivity index (χ2v) is 6.87. The van der Waals surface area contributed by atoms with E-state index in [0.717, 1.165) is 25.0 Å². The molecule has 1 aliphatic carbocycles. The van der Waals surface area contributed by atoms with Crippen molar-refractivity contribution in [1.29, 1.82) is 0 Å². The molecule has 1 saturated heterocycles. The first kappa shape index (κ1) is 15.8. The Morgan fingerprint density at radius 3 is 2.27 bits per heavy atom. The van der Waals surface area contributed by atoms with Crippen LogP contribution in [0, 0.1) is 0 Å². The lowest BCUT2D eigenvalue weighted by molar-refractivity contribution is -0.137. The monoisotopic (exact) mass is 314 g/mol. The van der Waals surface area contributed by atoms with E-state index in [2.05, 4.69) is 5.32 Å². The summed E-state index contributed by atoms with van der Waals surface area (Å²) < 4.78 is 38.0. The van der Waals surface area contributed by atoms with Gasteiger partial charge in [0.05, 0.1) is 11.2 Å². The van der Waals surface area contributed by atoms with E-state index in [4.69, 9.17) is 5.73 Å². The zero-order valence-electron chi connectivity index (χ0n) is 12.5. The Balaban J connectivity index is 1.85. The predicted octanol–water partition coefficient (Wildman–Crippen LogP) is 2.52. The van der Waals surface area contributed by atoms with Gasteiger partial charge in [0.1, 0.15) is 0 Å². The third kappa shape index (κ3) is 2.87. The van der Waals surface area contributed by atoms with Crippen LogP contribution < -0.4 is 11.1 Å². The molecule has 0 spiro atoms. The van der Waals surface area contributed by atoms with Crippen LogP contribution in [0.1, 0.15) is 43.7 Å². The van der Waals surface area contributed by atoms with Crippen LogP contribution in [0.25, 0.3) is 0 Å². The van der Waals surface area contributed by atoms with Crippen LogP contribution in [0.5, 0.6) is 0 Å². The fourth-order valence-electron chi connectivity index (χ4n) is 3.46. The lowest BCUT2D eigenvalue weighted by Gasteiger charge is -2.43. The van der Waals surface area contributed by atoms with E-state index in [0.29, 0.717) is 18.4 Å². The molecule has 3 rings (SSSR count). The molecule has 6 heteroatoms. The summed E-state index contributed by atoms with van der Waals surface area (Å²) in [6, 6.07) is 4.88. The van der Waals surface area contributed by atoms with Gasteiger partial charge in [0.2, 0.25) is 0 Å². The molecule has 0 aromatic heterocycles. The van der Waals surface area contributed by atoms with Crippen LogP contribution in [0.3, 0.4) is 0 Å². The molecule has 1 aromatic rings. The normalized spacial score (nSPS) is 34.5. The number of nitrogens with two attached hydrogens (primary N) is 1. The lowest BCUT2D eigenvalue weighted by atomic mass is 9.76. The molecule has 2 aliphatic rings. The summed E-state index contributed by atoms with van der Waals surface area (Å²) in [4.78, 5) is 0. The van der Waals surface area contributed by atoms with Crippen molar-refractivity contribution in [3.05, 3.63) is 35.4 Å². The van der Waals surface area contributed by atoms with Gasteiger partial charge in [-0.05, 0) is 50.3 Å². The first-order valence-electron chi connectivity index (χ1n) is 7.57. The second kappa shape index (κ2) is 4.94. The van der Waals surface area contributed by atoms with E-state index >= 15 is 0 Å². The first-order valence-corrected chi connectivity index (χ1v) is 7.57. The minimum atomic E-state index is -4.36. The van der Waals surface area contributed by atoms with Gasteiger partial charge in [0.25, 0.3) is 0 Å². The summed E-state index contributed by atoms with van der Waals surface area (Å²) >= 11 is 0. The van der Waals surface area contributed by atoms with Gasteiger partial charge >= 0.3 is 6.18 Å². The van der Waals surface area contributed by atoms with Crippen LogP contribution in [-0.2, 0) is 11.8 Å². The standard InChI is InChI=1S/C16H21F3N2O/c1-10-8-15(22,9-13(21-10)14(20)6-7-14)11-2-4-12(5-3-11)16(17,18)19/h2-5,10,13,21-22H,6-9,20H2,1H3/t10-,13-,15?/m0/s1. The fraction of sp³-hybridized carbons (Fsp3) is 0.625. The Labute approximate surface area is 127 Å². The Kier molecular flexibility index (Phi) is 3.54. The molecular formula is C16H21F3N2O. The Morgan fingerprint density at radius 1 is 1.18 bits per heavy atom. The third-order valence-corrected chi connectivity index (χ3v) is 4.94. The highest BCUT2D eigenvalue weighted by molar-refractivity contribution is 5.30. The van der Waals surface area contributed by atoms with Gasteiger partial charge < -0.3 is 16.2 Å². The minimum absolute atomic E-state index is 0.0106. The second-order valence-electron chi connectivity index (χ2n) is 6.87. The number of nitrogens with one attached hydrogen (secondary N) is 1. The molecule has 1 saturated carbocycles. The molecule has 3 nitrogen and oxygen atoms in total. The largest absolute Gasteiger partial charge is 0.416 e. The molecule has 0 amide bonds. The van der Waals surface area contributed by atoms with Crippen LogP contribution in [-0.4, -0.2) is 22.7 Å². The molecule has 0 bridgehead atoms. The minimum Gasteiger partial charge on any atom is -0.385 e. The van der Waals surface area contributed by atoms with Crippen LogP contribution in [0.4, 0.5) is 13.2 Å². The highest BCUT2D eigenvalue weighted by atomic mass is 19.4. The number of hydrogen-bond donors (Lipinski definition) is 3. The number of piperidine rings is 1. The third-order valence-electron chi connectivity index (χ3n) is 4.94. The Morgan fingerprint density at radius 2 is 1.77 bits per heavy atom. The van der Waals surface area contributed by atoms with Crippen molar-refractivity contribution in [2.24, 2.45) is 5.73 Å². The van der Waals surface area contributed by atoms with Crippen molar-refractivity contribution in [1.82, 2.24) is 5.32 Å². The summed E-state index contributed by atoms with van der Waals surface area (Å²) in [6.07, 6.45) is -1.63. The quantitative estimate of drug-likeness (QED) is 0.786. The van der Waals surface area contributed by atoms with Gasteiger partial charge in [-0.3, -0.25) is 0 Å². The summed E-state index contributed by atoms with van der Waals surface area (Å²) in [7, 11) is 0. The van der Waals surface area contributed by atoms with E-state index in [1.807, 2.05) is 6.92 Å². The van der Waals surface area contributed by atoms with Gasteiger partial charge in [-0.25, -0.2) is 0 Å². The van der Waals surface area contributed by atoms with Crippen molar-refractivity contribution in [3.63, 3.8) is 0 Å². The molecule has 1 aromatic carbocycles. The summed E-state index contributed by atoms with van der Waals surface area (Å²) in [6.45, 7) is 1.97. The van der Waals surface area contributed by atoms with E-state index in [9.17, 15) is 18.3 Å². The van der Waals surface area contributed by atoms with Crippen LogP contribution in [0.2, 0.25) is 0 Å². The number of halogens is 3. The predicted molar refractivity (Wildman–Crippen MR) is 77.1 cm³/mol. The van der Waals surface area contributed by atoms with Gasteiger partial charge in [-0.1, -0.05) is 12.1 Å². The molecule has 0 radical (unpaired) electrons. The summed E-state index contributed by atoms with van der Waals surface area (Å²) in [5.74, 6) is 0. The number of rotatable bonds is 2. The maximum absolute atomic E-state index is 12.7. The van der Waals surface area contributed by atoms with Gasteiger partial charge in [-0.15, -0.1) is 0 Å². The van der Waals surface area contributed by atoms with E-state index < -0.39 is 17.3 Å². The Bertz CT molecular complexity index is 554. The van der Waals surface area contributed by atoms with Gasteiger partial charge in [0, 0.05) is 17.6 Å². The average molecular weight is 314 g/mol. The van der Waals surface area contributed by atoms with E-state index in [-0.39, 0.29) is 17.6 Å². The molecule has 3 atom stereocenters. The van der Waals surface area contributed by atoms with Gasteiger partial charge in [0.15, 0.2) is 0 Å². The van der Waals surface area contributed by atoms with Crippen molar-refractivity contribution in [2.45, 2.75) is 62.0 Å². The Hall–Kier alpha value is -1.11. The topological polar surface area (TPSA) is 58.3 Å². The number of aliphatic hydroxyl groups is 1. The molecule has 122 valence electrons. The maximum atomic E-state index is 12.7. The van der Waals surface area contributed by atoms with Gasteiger partial charge in [-0.2, -0.15) is 13.2 Å². The van der Waals surface area contributed by atoms with E-state index in [1.165, 1.54) is 12.1 Å². The van der Waals surface area contributed by atoms with E-state index in [1.54, 1.807) is 0 Å². The van der Waals surface area contributed by atoms with Crippen molar-refractivity contribution in [2.75, 3.05) is 0 Å². The number of alkyl halides is 3. The van der Waals surface area contributed by atoms with Crippen molar-refractivity contribution in [3.8, 4) is 0 Å². The molecule has 1 aliphatic heterocycles. The van der Waals surface area contributed by atoms with Crippen LogP contribution in [0.15, 0.2) is 24.3 Å². The molecule has 2 fully saturated rings. The zero-order chi connectivity index (χ0) is 16.2. The van der Waals surface area contributed by atoms with Crippen molar-refractivity contribution >= 4 is 0 Å². The highest BCUT2D eigenvalue weighted by Gasteiger charge is 2.51. The fourth-order valence-corrected chi connectivity index (χ4v) is 3.46. The van der Waals surface area contributed by atoms with Crippen molar-refractivity contribution < 1.29 is 18.3 Å². The molecule has 1 heterocycles. The molecular weight excluding hydrogens is 293 g/mol. The maximum Gasteiger partial charge on any atom is 0.416 e. The number of benzene rings is 1. The average Bonchev–Trinajstić information content (AvgIpc) is 3.16. The zero-order valence-corrected chi connectivity index (χ0v) is 12.5. The molecule has 22 heavy (non-hydrogen) atoms. The smallest absolute Gasteiger partial charge is 0.385 e. The lowest BCUT2D eigenvalue weighted by Crippen LogP contribution is -2.58. The first-order chi connectivity index (χ1) is 10.1. The van der Waals surface area contributed by atoms with Crippen LogP contribution >= 0.6 is 0 Å².